The molecule has 0 spiro atoms. The zero-order chi connectivity index (χ0) is 15.8. The van der Waals surface area contributed by atoms with Gasteiger partial charge in [0, 0.05) is 22.5 Å². The van der Waals surface area contributed by atoms with Crippen molar-refractivity contribution in [1.29, 1.82) is 0 Å². The van der Waals surface area contributed by atoms with Crippen molar-refractivity contribution in [2.75, 3.05) is 19.5 Å². The number of hydrogen-bond donors (Lipinski definition) is 1. The summed E-state index contributed by atoms with van der Waals surface area (Å²) >= 11 is 1.70. The van der Waals surface area contributed by atoms with Gasteiger partial charge in [0.1, 0.15) is 11.5 Å². The number of benzene rings is 2. The summed E-state index contributed by atoms with van der Waals surface area (Å²) in [7, 11) is 3.36. The molecule has 116 valence electrons. The summed E-state index contributed by atoms with van der Waals surface area (Å²) in [5.74, 6) is 1.75. The Morgan fingerprint density at radius 2 is 1.74 bits per heavy atom. The average Bonchev–Trinajstić information content (AvgIpc) is 3.11. The fourth-order valence-electron chi connectivity index (χ4n) is 2.78. The van der Waals surface area contributed by atoms with Crippen molar-refractivity contribution >= 4 is 22.2 Å². The highest BCUT2D eigenvalue weighted by Crippen LogP contribution is 2.42. The van der Waals surface area contributed by atoms with Gasteiger partial charge >= 0.3 is 0 Å². The smallest absolute Gasteiger partial charge is 0.187 e. The van der Waals surface area contributed by atoms with E-state index in [4.69, 9.17) is 14.5 Å². The molecule has 1 aliphatic carbocycles. The standard InChI is InChI=1S/C18H16N2O2S/c1-21-13-5-3-12(4-6-13)19-18-20-17-15-8-7-14(22-2)9-11(15)10-16(17)23-18/h3-9H,10H2,1-2H3,(H,19,20). The molecule has 0 unspecified atom stereocenters. The zero-order valence-corrected chi connectivity index (χ0v) is 13.7. The molecule has 0 bridgehead atoms. The van der Waals surface area contributed by atoms with Crippen LogP contribution in [0.3, 0.4) is 0 Å². The minimum atomic E-state index is 0.847. The lowest BCUT2D eigenvalue weighted by Gasteiger charge is -2.05. The average molecular weight is 324 g/mol. The summed E-state index contributed by atoms with van der Waals surface area (Å²) in [6.45, 7) is 0. The van der Waals surface area contributed by atoms with E-state index in [0.717, 1.165) is 34.4 Å². The Kier molecular flexibility index (Phi) is 3.42. The van der Waals surface area contributed by atoms with Crippen LogP contribution in [0, 0.1) is 0 Å². The number of fused-ring (bicyclic) bond motifs is 3. The van der Waals surface area contributed by atoms with Crippen molar-refractivity contribution in [3.05, 3.63) is 52.9 Å². The topological polar surface area (TPSA) is 43.4 Å². The third-order valence-electron chi connectivity index (χ3n) is 3.96. The summed E-state index contributed by atoms with van der Waals surface area (Å²) in [5, 5.41) is 4.28. The third kappa shape index (κ3) is 2.53. The van der Waals surface area contributed by atoms with Gasteiger partial charge in [-0.3, -0.25) is 0 Å². The van der Waals surface area contributed by atoms with E-state index in [-0.39, 0.29) is 0 Å². The number of aromatic nitrogens is 1. The lowest BCUT2D eigenvalue weighted by molar-refractivity contribution is 0.414. The van der Waals surface area contributed by atoms with Crippen molar-refractivity contribution in [1.82, 2.24) is 4.98 Å². The Hall–Kier alpha value is -2.53. The molecule has 0 aliphatic heterocycles. The highest BCUT2D eigenvalue weighted by atomic mass is 32.1. The highest BCUT2D eigenvalue weighted by molar-refractivity contribution is 7.16. The predicted octanol–water partition coefficient (Wildman–Crippen LogP) is 4.48. The van der Waals surface area contributed by atoms with E-state index >= 15 is 0 Å². The number of nitrogens with one attached hydrogen (secondary N) is 1. The molecule has 5 heteroatoms. The largest absolute Gasteiger partial charge is 0.497 e. The van der Waals surface area contributed by atoms with Crippen molar-refractivity contribution < 1.29 is 9.47 Å². The second kappa shape index (κ2) is 5.59. The fraction of sp³-hybridized carbons (Fsp3) is 0.167. The minimum Gasteiger partial charge on any atom is -0.497 e. The van der Waals surface area contributed by atoms with E-state index in [1.54, 1.807) is 25.6 Å². The summed E-state index contributed by atoms with van der Waals surface area (Å²) in [6.07, 6.45) is 0.920. The first-order valence-corrected chi connectivity index (χ1v) is 8.16. The molecule has 1 N–H and O–H groups in total. The van der Waals surface area contributed by atoms with Crippen molar-refractivity contribution in [3.63, 3.8) is 0 Å². The van der Waals surface area contributed by atoms with Crippen molar-refractivity contribution in [2.24, 2.45) is 0 Å². The molecule has 0 atom stereocenters. The highest BCUT2D eigenvalue weighted by Gasteiger charge is 2.23. The summed E-state index contributed by atoms with van der Waals surface area (Å²) in [5.41, 5.74) is 4.59. The molecule has 0 fully saturated rings. The second-order valence-electron chi connectivity index (χ2n) is 5.34. The summed E-state index contributed by atoms with van der Waals surface area (Å²) in [6, 6.07) is 14.0. The van der Waals surface area contributed by atoms with E-state index in [9.17, 15) is 0 Å². The van der Waals surface area contributed by atoms with Crippen molar-refractivity contribution in [3.8, 4) is 22.8 Å². The van der Waals surface area contributed by atoms with Crippen LogP contribution in [-0.2, 0) is 6.42 Å². The SMILES string of the molecule is COc1ccc(Nc2nc3c(s2)Cc2cc(OC)ccc2-3)cc1. The maximum Gasteiger partial charge on any atom is 0.187 e. The maximum absolute atomic E-state index is 5.30. The van der Waals surface area contributed by atoms with Crippen LogP contribution >= 0.6 is 11.3 Å². The van der Waals surface area contributed by atoms with Gasteiger partial charge in [-0.05, 0) is 48.0 Å². The molecule has 1 aromatic heterocycles. The molecule has 4 rings (SSSR count). The van der Waals surface area contributed by atoms with E-state index in [0.29, 0.717) is 0 Å². The number of hydrogen-bond acceptors (Lipinski definition) is 5. The van der Waals surface area contributed by atoms with Gasteiger partial charge in [0.2, 0.25) is 0 Å². The Morgan fingerprint density at radius 1 is 1.00 bits per heavy atom. The van der Waals surface area contributed by atoms with Crippen LogP contribution in [-0.4, -0.2) is 19.2 Å². The van der Waals surface area contributed by atoms with Gasteiger partial charge in [-0.15, -0.1) is 11.3 Å². The van der Waals surface area contributed by atoms with Crippen molar-refractivity contribution in [2.45, 2.75) is 6.42 Å². The molecule has 0 amide bonds. The lowest BCUT2D eigenvalue weighted by atomic mass is 10.1. The number of rotatable bonds is 4. The van der Waals surface area contributed by atoms with Crippen LogP contribution in [0.15, 0.2) is 42.5 Å². The summed E-state index contributed by atoms with van der Waals surface area (Å²) in [4.78, 5) is 6.06. The first kappa shape index (κ1) is 14.1. The zero-order valence-electron chi connectivity index (χ0n) is 12.9. The molecule has 0 saturated carbocycles. The molecule has 23 heavy (non-hydrogen) atoms. The lowest BCUT2D eigenvalue weighted by Crippen LogP contribution is -1.91. The first-order valence-electron chi connectivity index (χ1n) is 7.35. The van der Waals surface area contributed by atoms with Crippen LogP contribution in [0.5, 0.6) is 11.5 Å². The van der Waals surface area contributed by atoms with E-state index in [1.807, 2.05) is 30.3 Å². The van der Waals surface area contributed by atoms with Gasteiger partial charge < -0.3 is 14.8 Å². The van der Waals surface area contributed by atoms with Crippen LogP contribution in [0.2, 0.25) is 0 Å². The normalized spacial score (nSPS) is 11.7. The van der Waals surface area contributed by atoms with Crippen LogP contribution < -0.4 is 14.8 Å². The molecule has 2 aromatic carbocycles. The van der Waals surface area contributed by atoms with E-state index in [1.165, 1.54) is 16.0 Å². The Morgan fingerprint density at radius 3 is 2.48 bits per heavy atom. The minimum absolute atomic E-state index is 0.847. The molecule has 1 heterocycles. The fourth-order valence-corrected chi connectivity index (χ4v) is 3.80. The number of nitrogens with zero attached hydrogens (tertiary/aromatic N) is 1. The molecular formula is C18H16N2O2S. The Labute approximate surface area is 138 Å². The van der Waals surface area contributed by atoms with Crippen LogP contribution in [0.1, 0.15) is 10.4 Å². The first-order chi connectivity index (χ1) is 11.3. The van der Waals surface area contributed by atoms with E-state index < -0.39 is 0 Å². The van der Waals surface area contributed by atoms with Crippen LogP contribution in [0.4, 0.5) is 10.8 Å². The van der Waals surface area contributed by atoms with E-state index in [2.05, 4.69) is 17.4 Å². The number of ether oxygens (including phenoxy) is 2. The molecule has 4 nitrogen and oxygen atoms in total. The Balaban J connectivity index is 1.59. The van der Waals surface area contributed by atoms with Gasteiger partial charge in [0.15, 0.2) is 5.13 Å². The van der Waals surface area contributed by atoms with Gasteiger partial charge in [-0.2, -0.15) is 0 Å². The monoisotopic (exact) mass is 324 g/mol. The second-order valence-corrected chi connectivity index (χ2v) is 6.43. The molecule has 1 aliphatic rings. The van der Waals surface area contributed by atoms with Crippen LogP contribution in [0.25, 0.3) is 11.3 Å². The molecule has 0 radical (unpaired) electrons. The van der Waals surface area contributed by atoms with Gasteiger partial charge in [-0.1, -0.05) is 0 Å². The number of methoxy groups -OCH3 is 2. The summed E-state index contributed by atoms with van der Waals surface area (Å²) < 4.78 is 10.5. The number of anilines is 2. The number of thiazole rings is 1. The third-order valence-corrected chi connectivity index (χ3v) is 4.93. The maximum atomic E-state index is 5.30. The van der Waals surface area contributed by atoms with Gasteiger partial charge in [-0.25, -0.2) is 4.98 Å². The molecular weight excluding hydrogens is 308 g/mol. The Bertz CT molecular complexity index is 856. The van der Waals surface area contributed by atoms with Gasteiger partial charge in [0.25, 0.3) is 0 Å². The van der Waals surface area contributed by atoms with Gasteiger partial charge in [0.05, 0.1) is 19.9 Å². The molecule has 3 aromatic rings. The molecule has 0 saturated heterocycles. The quantitative estimate of drug-likeness (QED) is 0.601. The predicted molar refractivity (Wildman–Crippen MR) is 93.2 cm³/mol.